The maximum Gasteiger partial charge on any atom is 0.121 e. The molecule has 92 valence electrons. The highest BCUT2D eigenvalue weighted by Crippen LogP contribution is 2.23. The van der Waals surface area contributed by atoms with E-state index in [1.165, 1.54) is 0 Å². The highest BCUT2D eigenvalue weighted by atomic mass is 32.1. The lowest BCUT2D eigenvalue weighted by atomic mass is 10.2. The highest BCUT2D eigenvalue weighted by Gasteiger charge is 2.11. The quantitative estimate of drug-likeness (QED) is 0.844. The number of hydrogen-bond donors (Lipinski definition) is 1. The van der Waals surface area contributed by atoms with Crippen molar-refractivity contribution in [2.24, 2.45) is 5.92 Å². The number of aromatic nitrogens is 2. The molecule has 0 saturated carbocycles. The first kappa shape index (κ1) is 12.3. The van der Waals surface area contributed by atoms with Crippen molar-refractivity contribution in [3.8, 4) is 5.75 Å². The number of thiol groups is 1. The van der Waals surface area contributed by atoms with Crippen LogP contribution < -0.4 is 4.74 Å². The zero-order chi connectivity index (χ0) is 12.4. The molecule has 2 aromatic rings. The largest absolute Gasteiger partial charge is 0.497 e. The van der Waals surface area contributed by atoms with Gasteiger partial charge < -0.3 is 9.30 Å². The molecule has 0 saturated heterocycles. The normalized spacial score (nSPS) is 11.4. The maximum atomic E-state index is 5.22. The first-order valence-corrected chi connectivity index (χ1v) is 6.43. The molecule has 1 aromatic carbocycles. The topological polar surface area (TPSA) is 27.1 Å². The molecule has 0 unspecified atom stereocenters. The molecule has 0 amide bonds. The Balaban J connectivity index is 2.55. The first-order chi connectivity index (χ1) is 8.15. The predicted octanol–water partition coefficient (Wildman–Crippen LogP) is 3.13. The molecule has 0 bridgehead atoms. The van der Waals surface area contributed by atoms with Crippen LogP contribution in [0.2, 0.25) is 0 Å². The summed E-state index contributed by atoms with van der Waals surface area (Å²) in [6.45, 7) is 5.38. The molecule has 0 aliphatic rings. The lowest BCUT2D eigenvalue weighted by molar-refractivity contribution is 0.415. The van der Waals surface area contributed by atoms with Gasteiger partial charge >= 0.3 is 0 Å². The fraction of sp³-hybridized carbons (Fsp3) is 0.462. The van der Waals surface area contributed by atoms with Crippen molar-refractivity contribution in [2.45, 2.75) is 26.1 Å². The summed E-state index contributed by atoms with van der Waals surface area (Å²) in [6.07, 6.45) is 0. The van der Waals surface area contributed by atoms with E-state index in [1.54, 1.807) is 7.11 Å². The third kappa shape index (κ3) is 2.41. The van der Waals surface area contributed by atoms with Crippen LogP contribution in [0.4, 0.5) is 0 Å². The summed E-state index contributed by atoms with van der Waals surface area (Å²) < 4.78 is 7.46. The summed E-state index contributed by atoms with van der Waals surface area (Å²) in [5, 5.41) is 0. The van der Waals surface area contributed by atoms with Gasteiger partial charge in [0.25, 0.3) is 0 Å². The molecule has 1 aromatic heterocycles. The molecule has 0 N–H and O–H groups in total. The smallest absolute Gasteiger partial charge is 0.121 e. The third-order valence-corrected chi connectivity index (χ3v) is 3.01. The van der Waals surface area contributed by atoms with Crippen molar-refractivity contribution in [1.82, 2.24) is 9.55 Å². The van der Waals surface area contributed by atoms with Gasteiger partial charge in [-0.25, -0.2) is 4.98 Å². The zero-order valence-electron chi connectivity index (χ0n) is 10.5. The van der Waals surface area contributed by atoms with Gasteiger partial charge in [-0.2, -0.15) is 12.6 Å². The van der Waals surface area contributed by atoms with E-state index in [0.717, 1.165) is 29.2 Å². The lowest BCUT2D eigenvalue weighted by Crippen LogP contribution is -2.07. The molecule has 17 heavy (non-hydrogen) atoms. The van der Waals surface area contributed by atoms with E-state index in [4.69, 9.17) is 4.74 Å². The van der Waals surface area contributed by atoms with E-state index in [1.807, 2.05) is 12.1 Å². The van der Waals surface area contributed by atoms with Gasteiger partial charge in [-0.05, 0) is 18.1 Å². The Morgan fingerprint density at radius 2 is 2.18 bits per heavy atom. The average Bonchev–Trinajstić information content (AvgIpc) is 2.65. The summed E-state index contributed by atoms with van der Waals surface area (Å²) in [7, 11) is 1.67. The number of benzene rings is 1. The molecule has 0 atom stereocenters. The van der Waals surface area contributed by atoms with Gasteiger partial charge in [-0.1, -0.05) is 13.8 Å². The van der Waals surface area contributed by atoms with Crippen LogP contribution in [0.25, 0.3) is 11.0 Å². The van der Waals surface area contributed by atoms with Crippen molar-refractivity contribution in [3.05, 3.63) is 24.0 Å². The minimum absolute atomic E-state index is 0.591. The molecule has 0 aliphatic carbocycles. The number of ether oxygens (including phenoxy) is 1. The molecular formula is C13H18N2OS. The van der Waals surface area contributed by atoms with Crippen molar-refractivity contribution in [2.75, 3.05) is 7.11 Å². The molecule has 3 nitrogen and oxygen atoms in total. The van der Waals surface area contributed by atoms with Crippen LogP contribution in [0.5, 0.6) is 5.75 Å². The molecule has 0 fully saturated rings. The molecular weight excluding hydrogens is 232 g/mol. The number of rotatable bonds is 4. The van der Waals surface area contributed by atoms with Crippen LogP contribution in [0.1, 0.15) is 19.7 Å². The van der Waals surface area contributed by atoms with Crippen LogP contribution >= 0.6 is 12.6 Å². The fourth-order valence-corrected chi connectivity index (χ4v) is 2.22. The summed E-state index contributed by atoms with van der Waals surface area (Å²) in [6, 6.07) is 6.01. The van der Waals surface area contributed by atoms with Crippen LogP contribution in [-0.2, 0) is 12.3 Å². The molecule has 0 aliphatic heterocycles. The van der Waals surface area contributed by atoms with E-state index in [0.29, 0.717) is 11.7 Å². The van der Waals surface area contributed by atoms with Gasteiger partial charge in [-0.3, -0.25) is 0 Å². The van der Waals surface area contributed by atoms with E-state index in [-0.39, 0.29) is 0 Å². The summed E-state index contributed by atoms with van der Waals surface area (Å²) in [4.78, 5) is 4.60. The first-order valence-electron chi connectivity index (χ1n) is 5.79. The van der Waals surface area contributed by atoms with E-state index in [2.05, 4.69) is 42.1 Å². The number of imidazole rings is 1. The standard InChI is InChI=1S/C13H18N2OS/c1-9(2)7-15-12-5-4-10(16-3)6-11(12)14-13(15)8-17/h4-6,9,17H,7-8H2,1-3H3. The SMILES string of the molecule is COc1ccc2c(c1)nc(CS)n2CC(C)C. The second-order valence-corrected chi connectivity index (χ2v) is 4.86. The van der Waals surface area contributed by atoms with Crippen LogP contribution in [0, 0.1) is 5.92 Å². The minimum atomic E-state index is 0.591. The van der Waals surface area contributed by atoms with Crippen molar-refractivity contribution in [1.29, 1.82) is 0 Å². The van der Waals surface area contributed by atoms with E-state index < -0.39 is 0 Å². The summed E-state index contributed by atoms with van der Waals surface area (Å²) >= 11 is 4.35. The van der Waals surface area contributed by atoms with Crippen molar-refractivity contribution in [3.63, 3.8) is 0 Å². The van der Waals surface area contributed by atoms with Crippen molar-refractivity contribution >= 4 is 23.7 Å². The molecule has 0 spiro atoms. The maximum absolute atomic E-state index is 5.22. The third-order valence-electron chi connectivity index (χ3n) is 2.72. The Kier molecular flexibility index (Phi) is 3.62. The summed E-state index contributed by atoms with van der Waals surface area (Å²) in [5.74, 6) is 3.11. The Hall–Kier alpha value is -1.16. The van der Waals surface area contributed by atoms with Gasteiger partial charge in [0.2, 0.25) is 0 Å². The van der Waals surface area contributed by atoms with Gasteiger partial charge in [0.15, 0.2) is 0 Å². The Morgan fingerprint density at radius 1 is 1.41 bits per heavy atom. The van der Waals surface area contributed by atoms with Crippen molar-refractivity contribution < 1.29 is 4.74 Å². The fourth-order valence-electron chi connectivity index (χ4n) is 1.98. The minimum Gasteiger partial charge on any atom is -0.497 e. The number of fused-ring (bicyclic) bond motifs is 1. The predicted molar refractivity (Wildman–Crippen MR) is 73.8 cm³/mol. The van der Waals surface area contributed by atoms with E-state index in [9.17, 15) is 0 Å². The monoisotopic (exact) mass is 250 g/mol. The summed E-state index contributed by atoms with van der Waals surface area (Å²) in [5.41, 5.74) is 2.14. The van der Waals surface area contributed by atoms with Gasteiger partial charge in [-0.15, -0.1) is 0 Å². The van der Waals surface area contributed by atoms with Gasteiger partial charge in [0.1, 0.15) is 11.6 Å². The molecule has 1 heterocycles. The second kappa shape index (κ2) is 5.00. The Morgan fingerprint density at radius 3 is 2.76 bits per heavy atom. The Bertz CT molecular complexity index is 519. The van der Waals surface area contributed by atoms with Crippen LogP contribution in [0.3, 0.4) is 0 Å². The molecule has 2 rings (SSSR count). The van der Waals surface area contributed by atoms with E-state index >= 15 is 0 Å². The lowest BCUT2D eigenvalue weighted by Gasteiger charge is -2.10. The van der Waals surface area contributed by atoms with Crippen LogP contribution in [-0.4, -0.2) is 16.7 Å². The van der Waals surface area contributed by atoms with Gasteiger partial charge in [0, 0.05) is 18.4 Å². The number of methoxy groups -OCH3 is 1. The number of nitrogens with zero attached hydrogens (tertiary/aromatic N) is 2. The average molecular weight is 250 g/mol. The second-order valence-electron chi connectivity index (χ2n) is 4.55. The molecule has 4 heteroatoms. The van der Waals surface area contributed by atoms with Crippen LogP contribution in [0.15, 0.2) is 18.2 Å². The number of hydrogen-bond acceptors (Lipinski definition) is 3. The Labute approximate surface area is 107 Å². The van der Waals surface area contributed by atoms with Gasteiger partial charge in [0.05, 0.1) is 18.1 Å². The zero-order valence-corrected chi connectivity index (χ0v) is 11.4. The molecule has 0 radical (unpaired) electrons. The highest BCUT2D eigenvalue weighted by molar-refractivity contribution is 7.79.